The smallest absolute Gasteiger partial charge is 0.231 e. The van der Waals surface area contributed by atoms with Crippen molar-refractivity contribution in [3.8, 4) is 0 Å². The van der Waals surface area contributed by atoms with E-state index in [1.54, 1.807) is 12.3 Å². The molecule has 0 spiro atoms. The average molecular weight is 270 g/mol. The summed E-state index contributed by atoms with van der Waals surface area (Å²) in [5.41, 5.74) is 6.72. The molecule has 0 bridgehead atoms. The van der Waals surface area contributed by atoms with Gasteiger partial charge in [0, 0.05) is 6.54 Å². The van der Waals surface area contributed by atoms with Crippen LogP contribution < -0.4 is 11.1 Å². The summed E-state index contributed by atoms with van der Waals surface area (Å²) >= 11 is 5.85. The van der Waals surface area contributed by atoms with Crippen LogP contribution in [0.4, 0.5) is 5.69 Å². The first-order valence-corrected chi connectivity index (χ1v) is 6.50. The molecule has 0 aliphatic heterocycles. The first kappa shape index (κ1) is 14.9. The maximum absolute atomic E-state index is 12.3. The molecule has 0 saturated heterocycles. The molecule has 1 aromatic rings. The first-order chi connectivity index (χ1) is 8.49. The lowest BCUT2D eigenvalue weighted by molar-refractivity contribution is -0.125. The zero-order valence-electron chi connectivity index (χ0n) is 11.1. The lowest BCUT2D eigenvalue weighted by Gasteiger charge is -2.28. The van der Waals surface area contributed by atoms with Gasteiger partial charge in [0.05, 0.1) is 17.3 Å². The van der Waals surface area contributed by atoms with Crippen molar-refractivity contribution >= 4 is 23.2 Å². The molecule has 1 amide bonds. The van der Waals surface area contributed by atoms with Gasteiger partial charge in [-0.1, -0.05) is 25.4 Å². The number of nitrogens with zero attached hydrogens (tertiary/aromatic N) is 1. The van der Waals surface area contributed by atoms with Crippen LogP contribution in [0.2, 0.25) is 5.15 Å². The van der Waals surface area contributed by atoms with Crippen molar-refractivity contribution in [2.75, 3.05) is 11.9 Å². The molecule has 0 radical (unpaired) electrons. The van der Waals surface area contributed by atoms with Gasteiger partial charge in [-0.3, -0.25) is 4.79 Å². The molecule has 0 aromatic carbocycles. The van der Waals surface area contributed by atoms with E-state index in [0.717, 1.165) is 5.56 Å². The number of aromatic nitrogens is 1. The fraction of sp³-hybridized carbons (Fsp3) is 0.538. The molecule has 1 rings (SSSR count). The van der Waals surface area contributed by atoms with E-state index in [-0.39, 0.29) is 5.91 Å². The van der Waals surface area contributed by atoms with Gasteiger partial charge in [0.1, 0.15) is 5.15 Å². The predicted octanol–water partition coefficient (Wildman–Crippen LogP) is 2.75. The number of carbonyl (C=O) groups is 1. The molecule has 18 heavy (non-hydrogen) atoms. The van der Waals surface area contributed by atoms with E-state index in [1.807, 2.05) is 20.8 Å². The van der Waals surface area contributed by atoms with Gasteiger partial charge < -0.3 is 11.1 Å². The third-order valence-corrected chi connectivity index (χ3v) is 3.89. The lowest BCUT2D eigenvalue weighted by Crippen LogP contribution is -2.41. The SMILES string of the molecule is CCC(CC)(CN)C(=O)Nc1cnc(Cl)c(C)c1. The standard InChI is InChI=1S/C13H20ClN3O/c1-4-13(5-2,8-15)12(18)17-10-6-9(3)11(14)16-7-10/h6-7H,4-5,8,15H2,1-3H3,(H,17,18). The number of carbonyl (C=O) groups excluding carboxylic acids is 1. The summed E-state index contributed by atoms with van der Waals surface area (Å²) in [6, 6.07) is 1.81. The highest BCUT2D eigenvalue weighted by atomic mass is 35.5. The van der Waals surface area contributed by atoms with Gasteiger partial charge in [0.2, 0.25) is 5.91 Å². The summed E-state index contributed by atoms with van der Waals surface area (Å²) in [6.07, 6.45) is 2.98. The number of nitrogens with two attached hydrogens (primary N) is 1. The Morgan fingerprint density at radius 3 is 2.56 bits per heavy atom. The van der Waals surface area contributed by atoms with Gasteiger partial charge >= 0.3 is 0 Å². The summed E-state index contributed by atoms with van der Waals surface area (Å²) in [7, 11) is 0. The minimum atomic E-state index is -0.506. The van der Waals surface area contributed by atoms with E-state index in [0.29, 0.717) is 30.2 Å². The molecule has 3 N–H and O–H groups in total. The summed E-state index contributed by atoms with van der Waals surface area (Å²) in [6.45, 7) is 6.13. The van der Waals surface area contributed by atoms with Crippen LogP contribution in [-0.4, -0.2) is 17.4 Å². The highest BCUT2D eigenvalue weighted by Gasteiger charge is 2.33. The summed E-state index contributed by atoms with van der Waals surface area (Å²) in [5, 5.41) is 3.31. The molecule has 5 heteroatoms. The van der Waals surface area contributed by atoms with Gasteiger partial charge in [0.15, 0.2) is 0 Å². The Bertz CT molecular complexity index is 422. The molecule has 0 atom stereocenters. The van der Waals surface area contributed by atoms with Crippen LogP contribution in [0.5, 0.6) is 0 Å². The molecule has 0 aliphatic rings. The van der Waals surface area contributed by atoms with Crippen molar-refractivity contribution in [3.63, 3.8) is 0 Å². The van der Waals surface area contributed by atoms with E-state index in [2.05, 4.69) is 10.3 Å². The van der Waals surface area contributed by atoms with Gasteiger partial charge in [-0.15, -0.1) is 0 Å². The Labute approximate surface area is 113 Å². The second-order valence-electron chi connectivity index (χ2n) is 4.48. The maximum atomic E-state index is 12.3. The number of rotatable bonds is 5. The lowest BCUT2D eigenvalue weighted by atomic mass is 9.81. The quantitative estimate of drug-likeness (QED) is 0.808. The fourth-order valence-corrected chi connectivity index (χ4v) is 1.95. The Balaban J connectivity index is 2.89. The average Bonchev–Trinajstić information content (AvgIpc) is 2.37. The molecule has 0 fully saturated rings. The van der Waals surface area contributed by atoms with E-state index in [4.69, 9.17) is 17.3 Å². The molecule has 0 aliphatic carbocycles. The zero-order chi connectivity index (χ0) is 13.8. The number of aryl methyl sites for hydroxylation is 1. The predicted molar refractivity (Wildman–Crippen MR) is 74.7 cm³/mol. The second-order valence-corrected chi connectivity index (χ2v) is 4.84. The minimum absolute atomic E-state index is 0.0569. The van der Waals surface area contributed by atoms with Crippen molar-refractivity contribution in [1.82, 2.24) is 4.98 Å². The van der Waals surface area contributed by atoms with Crippen LogP contribution in [0, 0.1) is 12.3 Å². The van der Waals surface area contributed by atoms with E-state index >= 15 is 0 Å². The van der Waals surface area contributed by atoms with E-state index in [9.17, 15) is 4.79 Å². The summed E-state index contributed by atoms with van der Waals surface area (Å²) in [5.74, 6) is -0.0569. The highest BCUT2D eigenvalue weighted by Crippen LogP contribution is 2.27. The van der Waals surface area contributed by atoms with Gasteiger partial charge in [0.25, 0.3) is 0 Å². The minimum Gasteiger partial charge on any atom is -0.329 e. The topological polar surface area (TPSA) is 68.0 Å². The number of amides is 1. The normalized spacial score (nSPS) is 11.4. The number of hydrogen-bond donors (Lipinski definition) is 2. The Hall–Kier alpha value is -1.13. The number of pyridine rings is 1. The third kappa shape index (κ3) is 3.00. The van der Waals surface area contributed by atoms with Crippen molar-refractivity contribution in [2.45, 2.75) is 33.6 Å². The highest BCUT2D eigenvalue weighted by molar-refractivity contribution is 6.30. The monoisotopic (exact) mass is 269 g/mol. The Kier molecular flexibility index (Phi) is 5.11. The van der Waals surface area contributed by atoms with Crippen molar-refractivity contribution < 1.29 is 4.79 Å². The largest absolute Gasteiger partial charge is 0.329 e. The summed E-state index contributed by atoms with van der Waals surface area (Å²) in [4.78, 5) is 16.3. The molecule has 0 unspecified atom stereocenters. The molecular formula is C13H20ClN3O. The molecule has 4 nitrogen and oxygen atoms in total. The number of anilines is 1. The fourth-order valence-electron chi connectivity index (χ4n) is 1.84. The van der Waals surface area contributed by atoms with Crippen molar-refractivity contribution in [1.29, 1.82) is 0 Å². The van der Waals surface area contributed by atoms with Crippen molar-refractivity contribution in [3.05, 3.63) is 23.0 Å². The zero-order valence-corrected chi connectivity index (χ0v) is 11.8. The van der Waals surface area contributed by atoms with Crippen LogP contribution >= 0.6 is 11.6 Å². The Morgan fingerprint density at radius 2 is 2.11 bits per heavy atom. The second kappa shape index (κ2) is 6.16. The van der Waals surface area contributed by atoms with E-state index < -0.39 is 5.41 Å². The van der Waals surface area contributed by atoms with Crippen molar-refractivity contribution in [2.24, 2.45) is 11.1 Å². The number of nitrogens with one attached hydrogen (secondary N) is 1. The van der Waals surface area contributed by atoms with Crippen LogP contribution in [0.15, 0.2) is 12.3 Å². The van der Waals surface area contributed by atoms with Gasteiger partial charge in [-0.25, -0.2) is 4.98 Å². The first-order valence-electron chi connectivity index (χ1n) is 6.12. The maximum Gasteiger partial charge on any atom is 0.231 e. The van der Waals surface area contributed by atoms with Crippen LogP contribution in [-0.2, 0) is 4.79 Å². The van der Waals surface area contributed by atoms with E-state index in [1.165, 1.54) is 0 Å². The molecule has 1 aromatic heterocycles. The van der Waals surface area contributed by atoms with Crippen LogP contribution in [0.1, 0.15) is 32.3 Å². The number of halogens is 1. The van der Waals surface area contributed by atoms with Gasteiger partial charge in [-0.2, -0.15) is 0 Å². The molecule has 100 valence electrons. The molecule has 0 saturated carbocycles. The van der Waals surface area contributed by atoms with Crippen LogP contribution in [0.25, 0.3) is 0 Å². The molecule has 1 heterocycles. The Morgan fingerprint density at radius 1 is 1.50 bits per heavy atom. The number of hydrogen-bond acceptors (Lipinski definition) is 3. The van der Waals surface area contributed by atoms with Gasteiger partial charge in [-0.05, 0) is 31.4 Å². The molecular weight excluding hydrogens is 250 g/mol. The third-order valence-electron chi connectivity index (χ3n) is 3.50. The summed E-state index contributed by atoms with van der Waals surface area (Å²) < 4.78 is 0. The van der Waals surface area contributed by atoms with Crippen LogP contribution in [0.3, 0.4) is 0 Å².